The van der Waals surface area contributed by atoms with E-state index < -0.39 is 0 Å². The van der Waals surface area contributed by atoms with Crippen molar-refractivity contribution >= 4 is 17.4 Å². The number of nitrogens with zero attached hydrogens (tertiary/aromatic N) is 3. The van der Waals surface area contributed by atoms with E-state index in [9.17, 15) is 0 Å². The van der Waals surface area contributed by atoms with Crippen LogP contribution in [0.25, 0.3) is 0 Å². The van der Waals surface area contributed by atoms with Gasteiger partial charge >= 0.3 is 0 Å². The topological polar surface area (TPSA) is 29.0 Å². The smallest absolute Gasteiger partial charge is 0.137 e. The molecule has 1 fully saturated rings. The average molecular weight is 226 g/mol. The van der Waals surface area contributed by atoms with Gasteiger partial charge in [-0.2, -0.15) is 0 Å². The maximum Gasteiger partial charge on any atom is 0.137 e. The molecule has 0 N–H and O–H groups in total. The van der Waals surface area contributed by atoms with Gasteiger partial charge in [0.15, 0.2) is 0 Å². The summed E-state index contributed by atoms with van der Waals surface area (Å²) in [6, 6.07) is 0. The van der Waals surface area contributed by atoms with Crippen molar-refractivity contribution in [1.82, 2.24) is 9.97 Å². The highest BCUT2D eigenvalue weighted by molar-refractivity contribution is 6.30. The lowest BCUT2D eigenvalue weighted by atomic mass is 10.3. The zero-order chi connectivity index (χ0) is 11.0. The second-order valence-electron chi connectivity index (χ2n) is 4.47. The van der Waals surface area contributed by atoms with Crippen LogP contribution < -0.4 is 4.90 Å². The van der Waals surface area contributed by atoms with E-state index in [4.69, 9.17) is 11.6 Å². The Balaban J connectivity index is 2.11. The van der Waals surface area contributed by atoms with Crippen molar-refractivity contribution in [3.05, 3.63) is 17.0 Å². The van der Waals surface area contributed by atoms with Crippen molar-refractivity contribution in [2.45, 2.75) is 20.3 Å². The number of hydrogen-bond donors (Lipinski definition) is 0. The van der Waals surface area contributed by atoms with Crippen molar-refractivity contribution in [1.29, 1.82) is 0 Å². The standard InChI is InChI=1S/C11H16ClN3/c1-7-4-9(7)5-15(3)11-8(2)10(12)13-6-14-11/h6-7,9H,4-5H2,1-3H3. The second-order valence-corrected chi connectivity index (χ2v) is 4.82. The Morgan fingerprint density at radius 3 is 2.80 bits per heavy atom. The van der Waals surface area contributed by atoms with Crippen LogP contribution in [0.3, 0.4) is 0 Å². The number of anilines is 1. The Labute approximate surface area is 95.5 Å². The summed E-state index contributed by atoms with van der Waals surface area (Å²) in [6.07, 6.45) is 2.86. The van der Waals surface area contributed by atoms with Crippen LogP contribution in [0, 0.1) is 18.8 Å². The number of hydrogen-bond acceptors (Lipinski definition) is 3. The molecular formula is C11H16ClN3. The predicted octanol–water partition coefficient (Wildman–Crippen LogP) is 2.53. The first-order valence-electron chi connectivity index (χ1n) is 5.28. The molecule has 1 aromatic rings. The van der Waals surface area contributed by atoms with Crippen LogP contribution in [-0.4, -0.2) is 23.6 Å². The first-order valence-corrected chi connectivity index (χ1v) is 5.65. The van der Waals surface area contributed by atoms with Crippen molar-refractivity contribution in [2.24, 2.45) is 11.8 Å². The second kappa shape index (κ2) is 3.97. The maximum atomic E-state index is 5.96. The lowest BCUT2D eigenvalue weighted by molar-refractivity contribution is 0.717. The third-order valence-electron chi connectivity index (χ3n) is 3.14. The van der Waals surface area contributed by atoms with Crippen LogP contribution in [0.1, 0.15) is 18.9 Å². The van der Waals surface area contributed by atoms with Crippen LogP contribution in [0.4, 0.5) is 5.82 Å². The Bertz CT molecular complexity index is 367. The van der Waals surface area contributed by atoms with Gasteiger partial charge in [0.2, 0.25) is 0 Å². The highest BCUT2D eigenvalue weighted by atomic mass is 35.5. The molecule has 2 atom stereocenters. The molecule has 3 nitrogen and oxygen atoms in total. The van der Waals surface area contributed by atoms with Gasteiger partial charge in [-0.15, -0.1) is 0 Å². The van der Waals surface area contributed by atoms with Crippen LogP contribution in [0.5, 0.6) is 0 Å². The van der Waals surface area contributed by atoms with Gasteiger partial charge in [0.05, 0.1) is 0 Å². The lowest BCUT2D eigenvalue weighted by Crippen LogP contribution is -2.22. The molecule has 0 bridgehead atoms. The van der Waals surface area contributed by atoms with Gasteiger partial charge in [0, 0.05) is 19.2 Å². The SMILES string of the molecule is Cc1c(Cl)ncnc1N(C)CC1CC1C. The van der Waals surface area contributed by atoms with Gasteiger partial charge in [0.1, 0.15) is 17.3 Å². The average Bonchev–Trinajstić information content (AvgIpc) is 2.86. The van der Waals surface area contributed by atoms with Gasteiger partial charge in [-0.25, -0.2) is 9.97 Å². The molecule has 2 unspecified atom stereocenters. The summed E-state index contributed by atoms with van der Waals surface area (Å²) in [5.74, 6) is 2.64. The van der Waals surface area contributed by atoms with E-state index in [0.29, 0.717) is 5.15 Å². The molecule has 1 saturated carbocycles. The molecule has 0 radical (unpaired) electrons. The summed E-state index contributed by atoms with van der Waals surface area (Å²) in [7, 11) is 2.07. The van der Waals surface area contributed by atoms with Gasteiger partial charge in [-0.3, -0.25) is 0 Å². The van der Waals surface area contributed by atoms with Gasteiger partial charge < -0.3 is 4.90 Å². The van der Waals surface area contributed by atoms with Crippen LogP contribution >= 0.6 is 11.6 Å². The summed E-state index contributed by atoms with van der Waals surface area (Å²) < 4.78 is 0. The molecule has 0 aromatic carbocycles. The summed E-state index contributed by atoms with van der Waals surface area (Å²) in [5, 5.41) is 0.552. The lowest BCUT2D eigenvalue weighted by Gasteiger charge is -2.20. The fourth-order valence-corrected chi connectivity index (χ4v) is 2.02. The van der Waals surface area contributed by atoms with E-state index in [1.54, 1.807) is 0 Å². The molecular weight excluding hydrogens is 210 g/mol. The molecule has 1 heterocycles. The number of rotatable bonds is 3. The summed E-state index contributed by atoms with van der Waals surface area (Å²) in [4.78, 5) is 10.4. The highest BCUT2D eigenvalue weighted by Crippen LogP contribution is 2.38. The van der Waals surface area contributed by atoms with E-state index in [1.165, 1.54) is 12.7 Å². The molecule has 1 aliphatic rings. The van der Waals surface area contributed by atoms with E-state index in [2.05, 4.69) is 28.8 Å². The fraction of sp³-hybridized carbons (Fsp3) is 0.636. The summed E-state index contributed by atoms with van der Waals surface area (Å²) >= 11 is 5.96. The number of aromatic nitrogens is 2. The van der Waals surface area contributed by atoms with Crippen molar-refractivity contribution in [3.8, 4) is 0 Å². The monoisotopic (exact) mass is 225 g/mol. The molecule has 4 heteroatoms. The largest absolute Gasteiger partial charge is 0.359 e. The zero-order valence-electron chi connectivity index (χ0n) is 9.37. The summed E-state index contributed by atoms with van der Waals surface area (Å²) in [5.41, 5.74) is 0.968. The summed E-state index contributed by atoms with van der Waals surface area (Å²) in [6.45, 7) is 5.32. The Hall–Kier alpha value is -0.830. The Morgan fingerprint density at radius 1 is 1.53 bits per heavy atom. The molecule has 1 aromatic heterocycles. The Kier molecular flexibility index (Phi) is 2.83. The molecule has 0 saturated heterocycles. The van der Waals surface area contributed by atoms with Gasteiger partial charge in [0.25, 0.3) is 0 Å². The number of halogens is 1. The van der Waals surface area contributed by atoms with E-state index in [0.717, 1.165) is 29.8 Å². The predicted molar refractivity (Wildman–Crippen MR) is 62.3 cm³/mol. The molecule has 82 valence electrons. The first kappa shape index (κ1) is 10.7. The van der Waals surface area contributed by atoms with Crippen LogP contribution in [0.15, 0.2) is 6.33 Å². The van der Waals surface area contributed by atoms with Crippen LogP contribution in [-0.2, 0) is 0 Å². The van der Waals surface area contributed by atoms with Crippen molar-refractivity contribution in [3.63, 3.8) is 0 Å². The van der Waals surface area contributed by atoms with Crippen molar-refractivity contribution in [2.75, 3.05) is 18.5 Å². The molecule has 0 aliphatic heterocycles. The minimum atomic E-state index is 0.552. The third kappa shape index (κ3) is 2.23. The fourth-order valence-electron chi connectivity index (χ4n) is 1.90. The molecule has 1 aliphatic carbocycles. The van der Waals surface area contributed by atoms with Gasteiger partial charge in [-0.05, 0) is 25.2 Å². The van der Waals surface area contributed by atoms with Gasteiger partial charge in [-0.1, -0.05) is 18.5 Å². The first-order chi connectivity index (χ1) is 7.09. The van der Waals surface area contributed by atoms with Crippen molar-refractivity contribution < 1.29 is 0 Å². The third-order valence-corrected chi connectivity index (χ3v) is 3.52. The molecule has 0 spiro atoms. The molecule has 2 rings (SSSR count). The normalized spacial score (nSPS) is 24.0. The molecule has 15 heavy (non-hydrogen) atoms. The van der Waals surface area contributed by atoms with E-state index in [1.807, 2.05) is 6.92 Å². The van der Waals surface area contributed by atoms with Crippen LogP contribution in [0.2, 0.25) is 5.15 Å². The molecule has 0 amide bonds. The highest BCUT2D eigenvalue weighted by Gasteiger charge is 2.33. The Morgan fingerprint density at radius 2 is 2.20 bits per heavy atom. The minimum Gasteiger partial charge on any atom is -0.359 e. The quantitative estimate of drug-likeness (QED) is 0.741. The minimum absolute atomic E-state index is 0.552. The van der Waals surface area contributed by atoms with E-state index >= 15 is 0 Å². The maximum absolute atomic E-state index is 5.96. The van der Waals surface area contributed by atoms with E-state index in [-0.39, 0.29) is 0 Å². The zero-order valence-corrected chi connectivity index (χ0v) is 10.1.